The summed E-state index contributed by atoms with van der Waals surface area (Å²) in [7, 11) is 0. The molecule has 0 saturated carbocycles. The van der Waals surface area contributed by atoms with Gasteiger partial charge in [0.05, 0.1) is 25.7 Å². The molecular formula is C14H15N3O3. The van der Waals surface area contributed by atoms with Crippen molar-refractivity contribution in [3.05, 3.63) is 47.5 Å². The molecule has 0 saturated heterocycles. The highest BCUT2D eigenvalue weighted by atomic mass is 16.5. The third-order valence-corrected chi connectivity index (χ3v) is 3.30. The molecule has 1 amide bonds. The number of ether oxygens (including phenoxy) is 1. The minimum atomic E-state index is -0.103. The molecule has 0 spiro atoms. The Morgan fingerprint density at radius 2 is 2.40 bits per heavy atom. The smallest absolute Gasteiger partial charge is 0.272 e. The van der Waals surface area contributed by atoms with Crippen molar-refractivity contribution in [2.75, 3.05) is 13.2 Å². The van der Waals surface area contributed by atoms with Crippen LogP contribution in [0.4, 0.5) is 0 Å². The van der Waals surface area contributed by atoms with Gasteiger partial charge in [0.25, 0.3) is 5.91 Å². The Morgan fingerprint density at radius 1 is 1.50 bits per heavy atom. The summed E-state index contributed by atoms with van der Waals surface area (Å²) in [6.07, 6.45) is 3.00. The third kappa shape index (κ3) is 2.37. The highest BCUT2D eigenvalue weighted by Gasteiger charge is 2.21. The van der Waals surface area contributed by atoms with Crippen molar-refractivity contribution in [1.29, 1.82) is 0 Å². The maximum absolute atomic E-state index is 12.3. The Kier molecular flexibility index (Phi) is 3.39. The lowest BCUT2D eigenvalue weighted by Crippen LogP contribution is -2.32. The number of aliphatic hydroxyl groups excluding tert-OH is 1. The molecule has 6 nitrogen and oxygen atoms in total. The Hall–Kier alpha value is -2.34. The zero-order valence-corrected chi connectivity index (χ0v) is 10.9. The molecule has 104 valence electrons. The molecule has 2 aromatic rings. The Balaban J connectivity index is 1.87. The van der Waals surface area contributed by atoms with E-state index in [1.165, 1.54) is 12.5 Å². The van der Waals surface area contributed by atoms with E-state index in [1.54, 1.807) is 4.90 Å². The predicted molar refractivity (Wildman–Crippen MR) is 71.2 cm³/mol. The van der Waals surface area contributed by atoms with Crippen molar-refractivity contribution in [2.24, 2.45) is 0 Å². The lowest BCUT2D eigenvalue weighted by molar-refractivity contribution is 0.0728. The van der Waals surface area contributed by atoms with Crippen LogP contribution in [0.15, 0.2) is 30.7 Å². The van der Waals surface area contributed by atoms with Crippen LogP contribution in [0, 0.1) is 0 Å². The van der Waals surface area contributed by atoms with Crippen LogP contribution in [-0.2, 0) is 13.2 Å². The van der Waals surface area contributed by atoms with Crippen molar-refractivity contribution >= 4 is 5.91 Å². The number of H-pyrrole nitrogens is 1. The molecule has 0 atom stereocenters. The van der Waals surface area contributed by atoms with E-state index in [2.05, 4.69) is 9.97 Å². The van der Waals surface area contributed by atoms with Crippen LogP contribution >= 0.6 is 0 Å². The number of aliphatic hydroxyl groups is 1. The van der Waals surface area contributed by atoms with Crippen LogP contribution in [0.25, 0.3) is 0 Å². The Morgan fingerprint density at radius 3 is 3.15 bits per heavy atom. The van der Waals surface area contributed by atoms with Gasteiger partial charge in [0, 0.05) is 12.1 Å². The minimum absolute atomic E-state index is 0.0260. The van der Waals surface area contributed by atoms with Crippen LogP contribution < -0.4 is 4.74 Å². The predicted octanol–water partition coefficient (Wildman–Crippen LogP) is 0.937. The van der Waals surface area contributed by atoms with E-state index in [0.29, 0.717) is 25.4 Å². The second kappa shape index (κ2) is 5.34. The SMILES string of the molecule is O=C(c1cnc[nH]1)N1CCOc2ccc(CO)cc2C1. The maximum Gasteiger partial charge on any atom is 0.272 e. The summed E-state index contributed by atoms with van der Waals surface area (Å²) in [4.78, 5) is 20.7. The number of carbonyl (C=O) groups excluding carboxylic acids is 1. The van der Waals surface area contributed by atoms with E-state index >= 15 is 0 Å². The van der Waals surface area contributed by atoms with Crippen molar-refractivity contribution in [3.63, 3.8) is 0 Å². The van der Waals surface area contributed by atoms with Gasteiger partial charge in [-0.15, -0.1) is 0 Å². The second-order valence-electron chi connectivity index (χ2n) is 4.64. The summed E-state index contributed by atoms with van der Waals surface area (Å²) in [5.74, 6) is 0.662. The molecule has 6 heteroatoms. The van der Waals surface area contributed by atoms with Crippen molar-refractivity contribution in [2.45, 2.75) is 13.2 Å². The average molecular weight is 273 g/mol. The standard InChI is InChI=1S/C14H15N3O3/c18-8-10-1-2-13-11(5-10)7-17(3-4-20-13)14(19)12-6-15-9-16-12/h1-2,5-6,9,18H,3-4,7-8H2,(H,15,16). The average Bonchev–Trinajstić information content (AvgIpc) is 2.92. The molecular weight excluding hydrogens is 258 g/mol. The lowest BCUT2D eigenvalue weighted by Gasteiger charge is -2.18. The molecule has 3 rings (SSSR count). The number of hydrogen-bond acceptors (Lipinski definition) is 4. The van der Waals surface area contributed by atoms with E-state index in [4.69, 9.17) is 4.74 Å². The van der Waals surface area contributed by atoms with Gasteiger partial charge >= 0.3 is 0 Å². The van der Waals surface area contributed by atoms with Crippen molar-refractivity contribution < 1.29 is 14.6 Å². The molecule has 1 aromatic heterocycles. The zero-order valence-electron chi connectivity index (χ0n) is 10.9. The zero-order chi connectivity index (χ0) is 13.9. The molecule has 0 unspecified atom stereocenters. The summed E-state index contributed by atoms with van der Waals surface area (Å²) < 4.78 is 5.64. The summed E-state index contributed by atoms with van der Waals surface area (Å²) in [6, 6.07) is 5.53. The summed E-state index contributed by atoms with van der Waals surface area (Å²) in [5.41, 5.74) is 2.18. The molecule has 0 radical (unpaired) electrons. The van der Waals surface area contributed by atoms with Gasteiger partial charge in [0.1, 0.15) is 18.1 Å². The fourth-order valence-electron chi connectivity index (χ4n) is 2.26. The van der Waals surface area contributed by atoms with Crippen LogP contribution in [0.1, 0.15) is 21.6 Å². The number of carbonyl (C=O) groups is 1. The second-order valence-corrected chi connectivity index (χ2v) is 4.64. The van der Waals surface area contributed by atoms with Gasteiger partial charge in [-0.05, 0) is 17.7 Å². The number of amides is 1. The van der Waals surface area contributed by atoms with Gasteiger partial charge in [-0.25, -0.2) is 4.98 Å². The maximum atomic E-state index is 12.3. The van der Waals surface area contributed by atoms with Crippen molar-refractivity contribution in [1.82, 2.24) is 14.9 Å². The first kappa shape index (κ1) is 12.7. The molecule has 1 aliphatic heterocycles. The number of nitrogens with zero attached hydrogens (tertiary/aromatic N) is 2. The van der Waals surface area contributed by atoms with Gasteiger partial charge in [-0.2, -0.15) is 0 Å². The number of nitrogens with one attached hydrogen (secondary N) is 1. The number of imidazole rings is 1. The van der Waals surface area contributed by atoms with Crippen LogP contribution in [-0.4, -0.2) is 39.0 Å². The lowest BCUT2D eigenvalue weighted by atomic mass is 10.1. The molecule has 0 bridgehead atoms. The molecule has 1 aliphatic rings. The fourth-order valence-corrected chi connectivity index (χ4v) is 2.26. The summed E-state index contributed by atoms with van der Waals surface area (Å²) in [5, 5.41) is 9.20. The topological polar surface area (TPSA) is 78.5 Å². The monoisotopic (exact) mass is 273 g/mol. The van der Waals surface area contributed by atoms with E-state index in [0.717, 1.165) is 16.9 Å². The van der Waals surface area contributed by atoms with Gasteiger partial charge < -0.3 is 19.7 Å². The van der Waals surface area contributed by atoms with Crippen molar-refractivity contribution in [3.8, 4) is 5.75 Å². The number of aromatic amines is 1. The Bertz CT molecular complexity index is 610. The molecule has 20 heavy (non-hydrogen) atoms. The van der Waals surface area contributed by atoms with E-state index in [-0.39, 0.29) is 12.5 Å². The first-order chi connectivity index (χ1) is 9.78. The van der Waals surface area contributed by atoms with E-state index in [1.807, 2.05) is 18.2 Å². The normalized spacial score (nSPS) is 14.3. The van der Waals surface area contributed by atoms with Crippen LogP contribution in [0.5, 0.6) is 5.75 Å². The number of aromatic nitrogens is 2. The quantitative estimate of drug-likeness (QED) is 0.853. The van der Waals surface area contributed by atoms with Crippen LogP contribution in [0.2, 0.25) is 0 Å². The third-order valence-electron chi connectivity index (χ3n) is 3.30. The van der Waals surface area contributed by atoms with Gasteiger partial charge in [0.2, 0.25) is 0 Å². The van der Waals surface area contributed by atoms with Gasteiger partial charge in [-0.3, -0.25) is 4.79 Å². The molecule has 2 N–H and O–H groups in total. The number of benzene rings is 1. The first-order valence-corrected chi connectivity index (χ1v) is 6.41. The minimum Gasteiger partial charge on any atom is -0.491 e. The first-order valence-electron chi connectivity index (χ1n) is 6.41. The van der Waals surface area contributed by atoms with Gasteiger partial charge in [-0.1, -0.05) is 6.07 Å². The molecule has 2 heterocycles. The van der Waals surface area contributed by atoms with Crippen LogP contribution in [0.3, 0.4) is 0 Å². The number of hydrogen-bond donors (Lipinski definition) is 2. The highest BCUT2D eigenvalue weighted by molar-refractivity contribution is 5.92. The van der Waals surface area contributed by atoms with E-state index < -0.39 is 0 Å². The number of rotatable bonds is 2. The molecule has 0 aliphatic carbocycles. The van der Waals surface area contributed by atoms with Gasteiger partial charge in [0.15, 0.2) is 0 Å². The Labute approximate surface area is 116 Å². The fraction of sp³-hybridized carbons (Fsp3) is 0.286. The highest BCUT2D eigenvalue weighted by Crippen LogP contribution is 2.25. The largest absolute Gasteiger partial charge is 0.491 e. The van der Waals surface area contributed by atoms with E-state index in [9.17, 15) is 9.90 Å². The molecule has 1 aromatic carbocycles. The molecule has 0 fully saturated rings. The number of fused-ring (bicyclic) bond motifs is 1. The summed E-state index contributed by atoms with van der Waals surface area (Å²) >= 11 is 0. The summed E-state index contributed by atoms with van der Waals surface area (Å²) in [6.45, 7) is 1.40.